The molecule has 2 aromatic rings. The van der Waals surface area contributed by atoms with Crippen LogP contribution in [0, 0.1) is 19.7 Å². The van der Waals surface area contributed by atoms with Gasteiger partial charge in [-0.15, -0.1) is 0 Å². The number of aryl methyl sites for hydroxylation is 2. The highest BCUT2D eigenvalue weighted by molar-refractivity contribution is 7.92. The number of nitrogens with one attached hydrogen (secondary N) is 1. The van der Waals surface area contributed by atoms with E-state index in [2.05, 4.69) is 4.72 Å². The van der Waals surface area contributed by atoms with Crippen LogP contribution in [0.5, 0.6) is 0 Å². The topological polar surface area (TPSA) is 49.4 Å². The molecule has 1 saturated heterocycles. The maximum absolute atomic E-state index is 14.5. The van der Waals surface area contributed by atoms with E-state index in [1.807, 2.05) is 17.9 Å². The maximum Gasteiger partial charge on any atom is 0.262 e. The summed E-state index contributed by atoms with van der Waals surface area (Å²) in [4.78, 5) is 2.22. The van der Waals surface area contributed by atoms with E-state index >= 15 is 0 Å². The minimum Gasteiger partial charge on any atom is -0.369 e. The molecule has 3 rings (SSSR count). The molecule has 4 nitrogen and oxygen atoms in total. The Morgan fingerprint density at radius 1 is 1.00 bits per heavy atom. The molecule has 0 saturated carbocycles. The van der Waals surface area contributed by atoms with Gasteiger partial charge in [0.25, 0.3) is 10.0 Å². The lowest BCUT2D eigenvalue weighted by atomic mass is 10.1. The average Bonchev–Trinajstić information content (AvgIpc) is 2.55. The van der Waals surface area contributed by atoms with Gasteiger partial charge >= 0.3 is 0 Å². The van der Waals surface area contributed by atoms with Crippen molar-refractivity contribution >= 4 is 21.4 Å². The van der Waals surface area contributed by atoms with E-state index in [-0.39, 0.29) is 10.6 Å². The van der Waals surface area contributed by atoms with Crippen molar-refractivity contribution in [2.75, 3.05) is 22.7 Å². The van der Waals surface area contributed by atoms with Crippen LogP contribution in [0.3, 0.4) is 0 Å². The van der Waals surface area contributed by atoms with E-state index in [1.54, 1.807) is 31.2 Å². The van der Waals surface area contributed by atoms with Crippen LogP contribution in [0.15, 0.2) is 41.3 Å². The minimum atomic E-state index is -3.75. The van der Waals surface area contributed by atoms with E-state index in [9.17, 15) is 12.8 Å². The quantitative estimate of drug-likeness (QED) is 0.885. The monoisotopic (exact) mass is 362 g/mol. The van der Waals surface area contributed by atoms with Gasteiger partial charge in [0.05, 0.1) is 16.3 Å². The lowest BCUT2D eigenvalue weighted by Crippen LogP contribution is -2.30. The minimum absolute atomic E-state index is 0.207. The largest absolute Gasteiger partial charge is 0.369 e. The van der Waals surface area contributed by atoms with E-state index in [1.165, 1.54) is 12.5 Å². The number of hydrogen-bond donors (Lipinski definition) is 1. The molecular weight excluding hydrogens is 339 g/mol. The van der Waals surface area contributed by atoms with Crippen molar-refractivity contribution in [1.29, 1.82) is 0 Å². The summed E-state index contributed by atoms with van der Waals surface area (Å²) in [6.45, 7) is 5.34. The highest BCUT2D eigenvalue weighted by Gasteiger charge is 2.19. The zero-order valence-corrected chi connectivity index (χ0v) is 15.4. The zero-order valence-electron chi connectivity index (χ0n) is 14.5. The van der Waals surface area contributed by atoms with E-state index in [0.717, 1.165) is 31.5 Å². The molecule has 1 fully saturated rings. The predicted octanol–water partition coefficient (Wildman–Crippen LogP) is 4.23. The van der Waals surface area contributed by atoms with Gasteiger partial charge in [-0.1, -0.05) is 17.7 Å². The third-order valence-corrected chi connectivity index (χ3v) is 6.06. The molecule has 0 amide bonds. The third kappa shape index (κ3) is 3.95. The molecule has 1 heterocycles. The summed E-state index contributed by atoms with van der Waals surface area (Å²) in [5, 5.41) is 0. The standard InChI is InChI=1S/C19H23FN2O2S/c1-14-6-9-19(15(2)12-14)25(23,24)21-16-7-8-18(17(20)13-16)22-10-4-3-5-11-22/h6-9,12-13,21H,3-5,10-11H2,1-2H3. The summed E-state index contributed by atoms with van der Waals surface area (Å²) in [5.41, 5.74) is 2.43. The molecule has 2 aromatic carbocycles. The number of hydrogen-bond acceptors (Lipinski definition) is 3. The molecule has 1 N–H and O–H groups in total. The van der Waals surface area contributed by atoms with Crippen LogP contribution in [0.2, 0.25) is 0 Å². The van der Waals surface area contributed by atoms with Crippen molar-refractivity contribution in [3.8, 4) is 0 Å². The lowest BCUT2D eigenvalue weighted by Gasteiger charge is -2.29. The van der Waals surface area contributed by atoms with Crippen LogP contribution in [-0.2, 0) is 10.0 Å². The fourth-order valence-electron chi connectivity index (χ4n) is 3.27. The number of benzene rings is 2. The Bertz CT molecular complexity index is 875. The summed E-state index contributed by atoms with van der Waals surface area (Å²) < 4.78 is 42.1. The van der Waals surface area contributed by atoms with Crippen LogP contribution in [0.25, 0.3) is 0 Å². The summed E-state index contributed by atoms with van der Waals surface area (Å²) in [5.74, 6) is -0.400. The average molecular weight is 362 g/mol. The van der Waals surface area contributed by atoms with Gasteiger partial charge in [-0.2, -0.15) is 0 Å². The molecule has 0 atom stereocenters. The van der Waals surface area contributed by atoms with Crippen molar-refractivity contribution in [3.05, 3.63) is 53.3 Å². The third-order valence-electron chi connectivity index (χ3n) is 4.52. The smallest absolute Gasteiger partial charge is 0.262 e. The number of halogens is 1. The van der Waals surface area contributed by atoms with Gasteiger partial charge < -0.3 is 4.90 Å². The molecule has 0 radical (unpaired) electrons. The lowest BCUT2D eigenvalue weighted by molar-refractivity contribution is 0.557. The molecule has 134 valence electrons. The van der Waals surface area contributed by atoms with Crippen molar-refractivity contribution in [3.63, 3.8) is 0 Å². The zero-order chi connectivity index (χ0) is 18.0. The molecule has 0 aromatic heterocycles. The van der Waals surface area contributed by atoms with Crippen LogP contribution >= 0.6 is 0 Å². The fourth-order valence-corrected chi connectivity index (χ4v) is 4.55. The Balaban J connectivity index is 1.83. The summed E-state index contributed by atoms with van der Waals surface area (Å²) in [6, 6.07) is 9.67. The molecule has 0 spiro atoms. The molecule has 1 aliphatic rings. The second-order valence-electron chi connectivity index (χ2n) is 6.59. The first-order chi connectivity index (χ1) is 11.9. The number of piperidine rings is 1. The Kier molecular flexibility index (Phi) is 4.99. The van der Waals surface area contributed by atoms with Crippen molar-refractivity contribution in [2.45, 2.75) is 38.0 Å². The van der Waals surface area contributed by atoms with Gasteiger partial charge in [0.1, 0.15) is 5.82 Å². The van der Waals surface area contributed by atoms with Crippen LogP contribution < -0.4 is 9.62 Å². The highest BCUT2D eigenvalue weighted by Crippen LogP contribution is 2.27. The Morgan fingerprint density at radius 2 is 1.72 bits per heavy atom. The molecule has 0 unspecified atom stereocenters. The van der Waals surface area contributed by atoms with E-state index in [0.29, 0.717) is 11.3 Å². The molecule has 6 heteroatoms. The number of rotatable bonds is 4. The SMILES string of the molecule is Cc1ccc(S(=O)(=O)Nc2ccc(N3CCCCC3)c(F)c2)c(C)c1. The van der Waals surface area contributed by atoms with Crippen LogP contribution in [0.4, 0.5) is 15.8 Å². The number of sulfonamides is 1. The molecule has 0 bridgehead atoms. The first-order valence-electron chi connectivity index (χ1n) is 8.51. The summed E-state index contributed by atoms with van der Waals surface area (Å²) in [7, 11) is -3.75. The maximum atomic E-state index is 14.5. The predicted molar refractivity (Wildman–Crippen MR) is 99.2 cm³/mol. The Hall–Kier alpha value is -2.08. The Morgan fingerprint density at radius 3 is 2.36 bits per heavy atom. The Labute approximate surface area is 148 Å². The van der Waals surface area contributed by atoms with Gasteiger partial charge in [-0.25, -0.2) is 12.8 Å². The van der Waals surface area contributed by atoms with Crippen LogP contribution in [0.1, 0.15) is 30.4 Å². The number of nitrogens with zero attached hydrogens (tertiary/aromatic N) is 1. The van der Waals surface area contributed by atoms with Gasteiger partial charge in [0, 0.05) is 19.2 Å². The van der Waals surface area contributed by atoms with Crippen molar-refractivity contribution < 1.29 is 12.8 Å². The van der Waals surface area contributed by atoms with Gasteiger partial charge in [0.2, 0.25) is 0 Å². The normalized spacial score (nSPS) is 15.2. The van der Waals surface area contributed by atoms with Gasteiger partial charge in [0.15, 0.2) is 0 Å². The summed E-state index contributed by atoms with van der Waals surface area (Å²) in [6.07, 6.45) is 3.28. The van der Waals surface area contributed by atoms with Crippen LogP contribution in [-0.4, -0.2) is 21.5 Å². The van der Waals surface area contributed by atoms with E-state index < -0.39 is 15.8 Å². The van der Waals surface area contributed by atoms with Gasteiger partial charge in [-0.3, -0.25) is 4.72 Å². The number of anilines is 2. The van der Waals surface area contributed by atoms with E-state index in [4.69, 9.17) is 0 Å². The van der Waals surface area contributed by atoms with Crippen molar-refractivity contribution in [1.82, 2.24) is 0 Å². The molecule has 0 aliphatic carbocycles. The molecule has 25 heavy (non-hydrogen) atoms. The first-order valence-corrected chi connectivity index (χ1v) is 10.00. The summed E-state index contributed by atoms with van der Waals surface area (Å²) >= 11 is 0. The van der Waals surface area contributed by atoms with Crippen molar-refractivity contribution in [2.24, 2.45) is 0 Å². The van der Waals surface area contributed by atoms with Gasteiger partial charge in [-0.05, 0) is 56.9 Å². The highest BCUT2D eigenvalue weighted by atomic mass is 32.2. The second kappa shape index (κ2) is 7.04. The molecular formula is C19H23FN2O2S. The fraction of sp³-hybridized carbons (Fsp3) is 0.368. The second-order valence-corrected chi connectivity index (χ2v) is 8.24. The molecule has 1 aliphatic heterocycles. The first kappa shape index (κ1) is 17.7.